The Balaban J connectivity index is 1.92. The zero-order valence-electron chi connectivity index (χ0n) is 12.0. The van der Waals surface area contributed by atoms with Gasteiger partial charge in [-0.2, -0.15) is 10.2 Å². The highest BCUT2D eigenvalue weighted by Crippen LogP contribution is 2.35. The summed E-state index contributed by atoms with van der Waals surface area (Å²) in [6, 6.07) is 0. The number of nitrogens with one attached hydrogen (secondary N) is 1. The quantitative estimate of drug-likeness (QED) is 0.671. The Morgan fingerprint density at radius 3 is 3.00 bits per heavy atom. The van der Waals surface area contributed by atoms with Crippen LogP contribution in [0.1, 0.15) is 30.3 Å². The van der Waals surface area contributed by atoms with Gasteiger partial charge in [0.25, 0.3) is 0 Å². The molecule has 9 nitrogen and oxygen atoms in total. The van der Waals surface area contributed by atoms with Gasteiger partial charge in [-0.1, -0.05) is 0 Å². The van der Waals surface area contributed by atoms with Crippen molar-refractivity contribution < 1.29 is 4.92 Å². The number of H-pyrrole nitrogens is 1. The third-order valence-corrected chi connectivity index (χ3v) is 3.88. The van der Waals surface area contributed by atoms with Crippen LogP contribution < -0.4 is 4.90 Å². The first-order chi connectivity index (χ1) is 10.1. The molecular weight excluding hydrogens is 274 g/mol. The van der Waals surface area contributed by atoms with Crippen molar-refractivity contribution in [3.05, 3.63) is 28.0 Å². The molecule has 1 saturated heterocycles. The van der Waals surface area contributed by atoms with Crippen LogP contribution in [-0.4, -0.2) is 43.0 Å². The van der Waals surface area contributed by atoms with E-state index in [4.69, 9.17) is 0 Å². The van der Waals surface area contributed by atoms with Crippen LogP contribution in [0.25, 0.3) is 0 Å². The molecule has 0 aliphatic carbocycles. The van der Waals surface area contributed by atoms with Crippen LogP contribution in [0, 0.1) is 17.0 Å². The molecule has 0 amide bonds. The summed E-state index contributed by atoms with van der Waals surface area (Å²) in [5, 5.41) is 22.3. The number of aryl methyl sites for hydroxylation is 2. The van der Waals surface area contributed by atoms with Gasteiger partial charge < -0.3 is 4.90 Å². The predicted octanol–water partition coefficient (Wildman–Crippen LogP) is 1.14. The van der Waals surface area contributed by atoms with Crippen molar-refractivity contribution in [2.24, 2.45) is 7.05 Å². The monoisotopic (exact) mass is 291 g/mol. The normalized spacial score (nSPS) is 19.0. The molecule has 112 valence electrons. The summed E-state index contributed by atoms with van der Waals surface area (Å²) in [6.45, 7) is 3.12. The summed E-state index contributed by atoms with van der Waals surface area (Å²) in [5.41, 5.74) is 0.537. The second kappa shape index (κ2) is 5.15. The van der Waals surface area contributed by atoms with Crippen molar-refractivity contribution >= 4 is 11.5 Å². The minimum atomic E-state index is -0.351. The number of hydrogen-bond acceptors (Lipinski definition) is 6. The lowest BCUT2D eigenvalue weighted by Crippen LogP contribution is -2.36. The minimum Gasteiger partial charge on any atom is -0.350 e. The second-order valence-corrected chi connectivity index (χ2v) is 5.29. The van der Waals surface area contributed by atoms with Gasteiger partial charge in [-0.3, -0.25) is 15.2 Å². The first-order valence-electron chi connectivity index (χ1n) is 6.86. The summed E-state index contributed by atoms with van der Waals surface area (Å²) in [4.78, 5) is 17.2. The van der Waals surface area contributed by atoms with Crippen LogP contribution in [0.15, 0.2) is 6.33 Å². The highest BCUT2D eigenvalue weighted by molar-refractivity contribution is 5.61. The van der Waals surface area contributed by atoms with Crippen LogP contribution in [-0.2, 0) is 7.05 Å². The van der Waals surface area contributed by atoms with Crippen molar-refractivity contribution in [1.82, 2.24) is 25.0 Å². The van der Waals surface area contributed by atoms with Gasteiger partial charge in [0.2, 0.25) is 5.82 Å². The molecule has 3 rings (SSSR count). The van der Waals surface area contributed by atoms with Gasteiger partial charge in [0.1, 0.15) is 17.8 Å². The fourth-order valence-electron chi connectivity index (χ4n) is 3.01. The topological polar surface area (TPSA) is 106 Å². The molecule has 1 aliphatic heterocycles. The van der Waals surface area contributed by atoms with Gasteiger partial charge in [0, 0.05) is 26.1 Å². The van der Waals surface area contributed by atoms with E-state index in [1.165, 1.54) is 6.33 Å². The first kappa shape index (κ1) is 13.5. The molecule has 3 heterocycles. The number of aromatic nitrogens is 5. The fraction of sp³-hybridized carbons (Fsp3) is 0.583. The maximum absolute atomic E-state index is 11.3. The average molecular weight is 291 g/mol. The number of piperidine rings is 1. The summed E-state index contributed by atoms with van der Waals surface area (Å²) < 4.78 is 1.59. The molecule has 0 unspecified atom stereocenters. The predicted molar refractivity (Wildman–Crippen MR) is 75.2 cm³/mol. The van der Waals surface area contributed by atoms with E-state index < -0.39 is 0 Å². The van der Waals surface area contributed by atoms with E-state index >= 15 is 0 Å². The van der Waals surface area contributed by atoms with Gasteiger partial charge in [-0.25, -0.2) is 9.67 Å². The molecule has 1 aliphatic rings. The fourth-order valence-corrected chi connectivity index (χ4v) is 3.01. The lowest BCUT2D eigenvalue weighted by atomic mass is 9.97. The molecule has 0 spiro atoms. The van der Waals surface area contributed by atoms with E-state index in [-0.39, 0.29) is 16.5 Å². The Labute approximate surface area is 121 Å². The third kappa shape index (κ3) is 2.34. The summed E-state index contributed by atoms with van der Waals surface area (Å²) >= 11 is 0. The number of nitrogens with zero attached hydrogens (tertiary/aromatic N) is 6. The van der Waals surface area contributed by atoms with Crippen LogP contribution in [0.3, 0.4) is 0 Å². The molecule has 0 radical (unpaired) electrons. The number of hydrogen-bond donors (Lipinski definition) is 1. The zero-order valence-corrected chi connectivity index (χ0v) is 12.0. The first-order valence-corrected chi connectivity index (χ1v) is 6.86. The second-order valence-electron chi connectivity index (χ2n) is 5.29. The molecule has 2 aromatic heterocycles. The summed E-state index contributed by atoms with van der Waals surface area (Å²) in [7, 11) is 1.74. The number of aromatic amines is 1. The Morgan fingerprint density at radius 2 is 2.33 bits per heavy atom. The SMILES string of the molecule is Cc1nn(C)c(N2CCC[C@@H](c3ncn[nH]3)C2)c1[N+](=O)[O-]. The highest BCUT2D eigenvalue weighted by atomic mass is 16.6. The third-order valence-electron chi connectivity index (χ3n) is 3.88. The summed E-state index contributed by atoms with van der Waals surface area (Å²) in [6.07, 6.45) is 3.44. The van der Waals surface area contributed by atoms with Gasteiger partial charge in [0.05, 0.1) is 4.92 Å². The molecule has 21 heavy (non-hydrogen) atoms. The molecule has 9 heteroatoms. The van der Waals surface area contributed by atoms with Crippen molar-refractivity contribution in [2.45, 2.75) is 25.7 Å². The largest absolute Gasteiger partial charge is 0.350 e. The van der Waals surface area contributed by atoms with E-state index in [1.807, 2.05) is 4.90 Å². The smallest absolute Gasteiger partial charge is 0.333 e. The van der Waals surface area contributed by atoms with E-state index in [1.54, 1.807) is 18.7 Å². The van der Waals surface area contributed by atoms with Crippen LogP contribution >= 0.6 is 0 Å². The van der Waals surface area contributed by atoms with Gasteiger partial charge in [0.15, 0.2) is 0 Å². The molecular formula is C12H17N7O2. The number of nitro groups is 1. The molecule has 1 fully saturated rings. The van der Waals surface area contributed by atoms with E-state index in [0.717, 1.165) is 25.2 Å². The van der Waals surface area contributed by atoms with Crippen LogP contribution in [0.5, 0.6) is 0 Å². The van der Waals surface area contributed by atoms with E-state index in [0.29, 0.717) is 18.1 Å². The molecule has 2 aromatic rings. The zero-order chi connectivity index (χ0) is 15.0. The van der Waals surface area contributed by atoms with Crippen LogP contribution in [0.2, 0.25) is 0 Å². The van der Waals surface area contributed by atoms with Gasteiger partial charge in [-0.05, 0) is 19.8 Å². The molecule has 0 saturated carbocycles. The maximum Gasteiger partial charge on any atom is 0.333 e. The number of rotatable bonds is 3. The Kier molecular flexibility index (Phi) is 3.32. The van der Waals surface area contributed by atoms with E-state index in [2.05, 4.69) is 20.3 Å². The summed E-state index contributed by atoms with van der Waals surface area (Å²) in [5.74, 6) is 1.61. The van der Waals surface area contributed by atoms with Crippen molar-refractivity contribution in [1.29, 1.82) is 0 Å². The average Bonchev–Trinajstić information content (AvgIpc) is 3.06. The lowest BCUT2D eigenvalue weighted by molar-refractivity contribution is -0.384. The standard InChI is InChI=1S/C12H17N7O2/c1-8-10(19(20)21)12(17(2)16-8)18-5-3-4-9(6-18)11-13-7-14-15-11/h7,9H,3-6H2,1-2H3,(H,13,14,15)/t9-/m1/s1. The molecule has 0 bridgehead atoms. The molecule has 1 N–H and O–H groups in total. The van der Waals surface area contributed by atoms with Gasteiger partial charge in [-0.15, -0.1) is 0 Å². The minimum absolute atomic E-state index is 0.0933. The molecule has 0 aromatic carbocycles. The highest BCUT2D eigenvalue weighted by Gasteiger charge is 2.32. The van der Waals surface area contributed by atoms with Crippen molar-refractivity contribution in [3.8, 4) is 0 Å². The van der Waals surface area contributed by atoms with E-state index in [9.17, 15) is 10.1 Å². The molecule has 1 atom stereocenters. The van der Waals surface area contributed by atoms with Crippen molar-refractivity contribution in [2.75, 3.05) is 18.0 Å². The van der Waals surface area contributed by atoms with Gasteiger partial charge >= 0.3 is 5.69 Å². The maximum atomic E-state index is 11.3. The Hall–Kier alpha value is -2.45. The lowest BCUT2D eigenvalue weighted by Gasteiger charge is -2.32. The van der Waals surface area contributed by atoms with Crippen LogP contribution in [0.4, 0.5) is 11.5 Å². The van der Waals surface area contributed by atoms with Crippen molar-refractivity contribution in [3.63, 3.8) is 0 Å². The Bertz CT molecular complexity index is 649. The Morgan fingerprint density at radius 1 is 1.52 bits per heavy atom. The number of anilines is 1.